The highest BCUT2D eigenvalue weighted by molar-refractivity contribution is 7.03. The van der Waals surface area contributed by atoms with Gasteiger partial charge in [0.25, 0.3) is 5.91 Å². The van der Waals surface area contributed by atoms with Gasteiger partial charge in [-0.3, -0.25) is 19.5 Å². The van der Waals surface area contributed by atoms with E-state index in [9.17, 15) is 9.59 Å². The fourth-order valence-corrected chi connectivity index (χ4v) is 4.32. The van der Waals surface area contributed by atoms with Crippen molar-refractivity contribution < 1.29 is 9.59 Å². The lowest BCUT2D eigenvalue weighted by Gasteiger charge is -2.31. The van der Waals surface area contributed by atoms with Crippen LogP contribution >= 0.6 is 23.1 Å². The lowest BCUT2D eigenvalue weighted by Crippen LogP contribution is -2.46. The van der Waals surface area contributed by atoms with Crippen molar-refractivity contribution in [1.82, 2.24) is 19.9 Å². The van der Waals surface area contributed by atoms with Gasteiger partial charge >= 0.3 is 0 Å². The highest BCUT2D eigenvalue weighted by atomic mass is 35.5. The molecule has 1 fully saturated rings. The number of carbonyl (C=O) groups is 2. The molecule has 3 aromatic rings. The Bertz CT molecular complexity index is 1010. The summed E-state index contributed by atoms with van der Waals surface area (Å²) in [5.74, 6) is -0.668. The highest BCUT2D eigenvalue weighted by Gasteiger charge is 2.35. The van der Waals surface area contributed by atoms with Crippen molar-refractivity contribution in [3.8, 4) is 0 Å². The summed E-state index contributed by atoms with van der Waals surface area (Å²) in [6.07, 6.45) is 7.27. The van der Waals surface area contributed by atoms with Crippen LogP contribution in [0.1, 0.15) is 47.8 Å². The Balaban J connectivity index is 1.79. The van der Waals surface area contributed by atoms with Crippen LogP contribution in [0.15, 0.2) is 54.2 Å². The molecule has 0 radical (unpaired) electrons. The highest BCUT2D eigenvalue weighted by Crippen LogP contribution is 2.31. The number of benzene rings is 1. The molecule has 0 unspecified atom stereocenters. The van der Waals surface area contributed by atoms with Crippen LogP contribution in [0.25, 0.3) is 0 Å². The van der Waals surface area contributed by atoms with Crippen LogP contribution in [-0.2, 0) is 4.79 Å². The van der Waals surface area contributed by atoms with Gasteiger partial charge in [-0.1, -0.05) is 35.0 Å². The molecule has 1 saturated carbocycles. The van der Waals surface area contributed by atoms with Crippen molar-refractivity contribution in [3.63, 3.8) is 0 Å². The van der Waals surface area contributed by atoms with E-state index in [-0.39, 0.29) is 17.6 Å². The molecule has 0 saturated heterocycles. The summed E-state index contributed by atoms with van der Waals surface area (Å²) in [6, 6.07) is 9.57. The molecule has 1 aliphatic rings. The summed E-state index contributed by atoms with van der Waals surface area (Å²) < 4.78 is 3.80. The molecule has 2 aromatic heterocycles. The van der Waals surface area contributed by atoms with E-state index in [4.69, 9.17) is 11.6 Å². The number of nitrogens with zero attached hydrogens (tertiary/aromatic N) is 4. The van der Waals surface area contributed by atoms with Crippen molar-refractivity contribution in [2.24, 2.45) is 0 Å². The van der Waals surface area contributed by atoms with E-state index >= 15 is 0 Å². The fraction of sp³-hybridized carbons (Fsp3) is 0.286. The lowest BCUT2D eigenvalue weighted by atomic mass is 10.0. The standard InChI is InChI=1S/C21H20ClN5O2S/c22-15-4-3-7-17(12-15)27(21(29)18-13-30-26-25-18)19(14-8-10-23-11-9-14)20(28)24-16-5-1-2-6-16/h3-4,7-13,16,19H,1-2,5-6H2,(H,24,28)/t19-/m0/s1. The number of nitrogens with one attached hydrogen (secondary N) is 1. The fourth-order valence-electron chi connectivity index (χ4n) is 3.70. The molecule has 2 heterocycles. The maximum absolute atomic E-state index is 13.5. The van der Waals surface area contributed by atoms with E-state index in [1.807, 2.05) is 0 Å². The number of anilines is 1. The Kier molecular flexibility index (Phi) is 6.35. The molecule has 0 bridgehead atoms. The summed E-state index contributed by atoms with van der Waals surface area (Å²) in [5.41, 5.74) is 1.33. The maximum Gasteiger partial charge on any atom is 0.280 e. The SMILES string of the molecule is O=C(NC1CCCC1)[C@H](c1ccncc1)N(C(=O)c1csnn1)c1cccc(Cl)c1. The second-order valence-corrected chi connectivity index (χ2v) is 8.16. The Labute approximate surface area is 183 Å². The number of rotatable bonds is 6. The van der Waals surface area contributed by atoms with Gasteiger partial charge in [0, 0.05) is 34.5 Å². The first-order valence-electron chi connectivity index (χ1n) is 9.70. The van der Waals surface area contributed by atoms with E-state index in [0.29, 0.717) is 16.3 Å². The molecule has 1 aliphatic carbocycles. The first kappa shape index (κ1) is 20.4. The zero-order valence-electron chi connectivity index (χ0n) is 16.1. The van der Waals surface area contributed by atoms with Gasteiger partial charge in [0.05, 0.1) is 0 Å². The normalized spacial score (nSPS) is 15.0. The zero-order valence-corrected chi connectivity index (χ0v) is 17.6. The average Bonchev–Trinajstić information content (AvgIpc) is 3.46. The third-order valence-electron chi connectivity index (χ3n) is 5.11. The molecule has 154 valence electrons. The molecular weight excluding hydrogens is 422 g/mol. The quantitative estimate of drug-likeness (QED) is 0.623. The topological polar surface area (TPSA) is 88.1 Å². The molecule has 30 heavy (non-hydrogen) atoms. The van der Waals surface area contributed by atoms with Crippen LogP contribution in [0, 0.1) is 0 Å². The van der Waals surface area contributed by atoms with Crippen molar-refractivity contribution in [2.75, 3.05) is 4.90 Å². The van der Waals surface area contributed by atoms with E-state index in [2.05, 4.69) is 19.9 Å². The van der Waals surface area contributed by atoms with Crippen LogP contribution in [0.5, 0.6) is 0 Å². The molecule has 1 atom stereocenters. The van der Waals surface area contributed by atoms with E-state index in [1.54, 1.807) is 54.2 Å². The summed E-state index contributed by atoms with van der Waals surface area (Å²) in [4.78, 5) is 32.4. The summed E-state index contributed by atoms with van der Waals surface area (Å²) in [7, 11) is 0. The van der Waals surface area contributed by atoms with Gasteiger partial charge in [-0.2, -0.15) is 0 Å². The van der Waals surface area contributed by atoms with Gasteiger partial charge in [-0.15, -0.1) is 5.10 Å². The van der Waals surface area contributed by atoms with Crippen molar-refractivity contribution >= 4 is 40.6 Å². The number of pyridine rings is 1. The van der Waals surface area contributed by atoms with Gasteiger partial charge in [0.2, 0.25) is 5.91 Å². The van der Waals surface area contributed by atoms with Crippen molar-refractivity contribution in [3.05, 3.63) is 70.5 Å². The second kappa shape index (κ2) is 9.32. The molecular formula is C21H20ClN5O2S. The largest absolute Gasteiger partial charge is 0.351 e. The maximum atomic E-state index is 13.5. The van der Waals surface area contributed by atoms with Crippen LogP contribution in [0.2, 0.25) is 5.02 Å². The van der Waals surface area contributed by atoms with Gasteiger partial charge in [-0.25, -0.2) is 0 Å². The minimum absolute atomic E-state index is 0.110. The molecule has 7 nitrogen and oxygen atoms in total. The number of amides is 2. The minimum Gasteiger partial charge on any atom is -0.351 e. The predicted octanol–water partition coefficient (Wildman–Crippen LogP) is 4.03. The van der Waals surface area contributed by atoms with Crippen LogP contribution < -0.4 is 10.2 Å². The molecule has 0 aliphatic heterocycles. The van der Waals surface area contributed by atoms with Crippen LogP contribution in [-0.4, -0.2) is 32.4 Å². The van der Waals surface area contributed by atoms with E-state index < -0.39 is 11.9 Å². The van der Waals surface area contributed by atoms with Gasteiger partial charge < -0.3 is 5.32 Å². The Morgan fingerprint density at radius 3 is 2.60 bits per heavy atom. The molecule has 9 heteroatoms. The first-order valence-corrected chi connectivity index (χ1v) is 10.9. The summed E-state index contributed by atoms with van der Waals surface area (Å²) in [6.45, 7) is 0. The van der Waals surface area contributed by atoms with Crippen molar-refractivity contribution in [1.29, 1.82) is 0 Å². The van der Waals surface area contributed by atoms with Gasteiger partial charge in [0.1, 0.15) is 6.04 Å². The van der Waals surface area contributed by atoms with Crippen molar-refractivity contribution in [2.45, 2.75) is 37.8 Å². The summed E-state index contributed by atoms with van der Waals surface area (Å²) in [5, 5.41) is 9.08. The Hall–Kier alpha value is -2.84. The second-order valence-electron chi connectivity index (χ2n) is 7.12. The number of halogens is 1. The van der Waals surface area contributed by atoms with Crippen LogP contribution in [0.4, 0.5) is 5.69 Å². The third-order valence-corrected chi connectivity index (χ3v) is 5.85. The molecule has 4 rings (SSSR count). The van der Waals surface area contributed by atoms with E-state index in [1.165, 1.54) is 4.90 Å². The van der Waals surface area contributed by atoms with Gasteiger partial charge in [-0.05, 0) is 60.3 Å². The number of carbonyl (C=O) groups excluding carboxylic acids is 2. The molecule has 1 N–H and O–H groups in total. The molecule has 1 aromatic carbocycles. The zero-order chi connectivity index (χ0) is 20.9. The number of hydrogen-bond acceptors (Lipinski definition) is 6. The molecule has 0 spiro atoms. The van der Waals surface area contributed by atoms with Crippen LogP contribution in [0.3, 0.4) is 0 Å². The van der Waals surface area contributed by atoms with Gasteiger partial charge in [0.15, 0.2) is 5.69 Å². The molecule has 2 amide bonds. The van der Waals surface area contributed by atoms with E-state index in [0.717, 1.165) is 37.2 Å². The lowest BCUT2D eigenvalue weighted by molar-refractivity contribution is -0.123. The first-order chi connectivity index (χ1) is 14.6. The minimum atomic E-state index is -0.902. The number of aromatic nitrogens is 3. The average molecular weight is 442 g/mol. The smallest absolute Gasteiger partial charge is 0.280 e. The number of hydrogen-bond donors (Lipinski definition) is 1. The summed E-state index contributed by atoms with van der Waals surface area (Å²) >= 11 is 7.29. The monoisotopic (exact) mass is 441 g/mol. The Morgan fingerprint density at radius 2 is 1.93 bits per heavy atom. The Morgan fingerprint density at radius 1 is 1.17 bits per heavy atom. The third kappa shape index (κ3) is 4.49. The predicted molar refractivity (Wildman–Crippen MR) is 116 cm³/mol.